The van der Waals surface area contributed by atoms with Gasteiger partial charge < -0.3 is 14.5 Å². The number of imidazole rings is 1. The fourth-order valence-corrected chi connectivity index (χ4v) is 4.24. The Labute approximate surface area is 191 Å². The van der Waals surface area contributed by atoms with Crippen LogP contribution in [-0.4, -0.2) is 41.0 Å². The predicted octanol–water partition coefficient (Wildman–Crippen LogP) is 3.48. The molecule has 4 rings (SSSR count). The molecule has 0 fully saturated rings. The van der Waals surface area contributed by atoms with E-state index < -0.39 is 0 Å². The summed E-state index contributed by atoms with van der Waals surface area (Å²) in [4.78, 5) is 21.4. The fraction of sp³-hybridized carbons (Fsp3) is 0.261. The monoisotopic (exact) mass is 447 g/mol. The highest BCUT2D eigenvalue weighted by atomic mass is 32.2. The van der Waals surface area contributed by atoms with Gasteiger partial charge in [0.15, 0.2) is 11.0 Å². The lowest BCUT2D eigenvalue weighted by atomic mass is 10.1. The average molecular weight is 448 g/mol. The molecule has 0 saturated carbocycles. The Hall–Kier alpha value is -3.46. The van der Waals surface area contributed by atoms with Gasteiger partial charge in [0.2, 0.25) is 5.91 Å². The molecule has 9 heteroatoms. The van der Waals surface area contributed by atoms with Gasteiger partial charge in [-0.15, -0.1) is 10.2 Å². The molecular weight excluding hydrogens is 422 g/mol. The second-order valence-electron chi connectivity index (χ2n) is 7.29. The van der Waals surface area contributed by atoms with Crippen molar-refractivity contribution in [2.24, 2.45) is 7.05 Å². The Morgan fingerprint density at radius 2 is 1.88 bits per heavy atom. The number of benzene rings is 1. The molecule has 1 aromatic carbocycles. The van der Waals surface area contributed by atoms with E-state index in [-0.39, 0.29) is 17.7 Å². The number of pyridine rings is 1. The van der Waals surface area contributed by atoms with Crippen LogP contribution >= 0.6 is 11.8 Å². The number of carbonyl (C=O) groups excluding carboxylic acids is 1. The predicted molar refractivity (Wildman–Crippen MR) is 124 cm³/mol. The fourth-order valence-electron chi connectivity index (χ4n) is 3.47. The number of hydrogen-bond donors (Lipinski definition) is 1. The van der Waals surface area contributed by atoms with Crippen LogP contribution in [0, 0.1) is 0 Å². The minimum absolute atomic E-state index is 0.0941. The number of aromatic nitrogens is 6. The van der Waals surface area contributed by atoms with Gasteiger partial charge in [-0.3, -0.25) is 9.78 Å². The zero-order chi connectivity index (χ0) is 22.3. The Balaban J connectivity index is 1.50. The van der Waals surface area contributed by atoms with Crippen molar-refractivity contribution < 1.29 is 4.79 Å². The molecule has 1 N–H and O–H groups in total. The summed E-state index contributed by atoms with van der Waals surface area (Å²) in [6.45, 7) is 2.88. The van der Waals surface area contributed by atoms with E-state index in [4.69, 9.17) is 0 Å². The highest BCUT2D eigenvalue weighted by Crippen LogP contribution is 2.25. The van der Waals surface area contributed by atoms with Crippen LogP contribution in [0.25, 0.3) is 11.4 Å². The normalized spacial score (nSPS) is 11.9. The molecule has 32 heavy (non-hydrogen) atoms. The maximum absolute atomic E-state index is 12.9. The second kappa shape index (κ2) is 10.2. The first kappa shape index (κ1) is 21.8. The van der Waals surface area contributed by atoms with Crippen LogP contribution in [0.5, 0.6) is 0 Å². The van der Waals surface area contributed by atoms with Gasteiger partial charge in [0.1, 0.15) is 11.9 Å². The van der Waals surface area contributed by atoms with Gasteiger partial charge in [-0.2, -0.15) is 0 Å². The third-order valence-electron chi connectivity index (χ3n) is 4.99. The minimum Gasteiger partial charge on any atom is -0.341 e. The van der Waals surface area contributed by atoms with Gasteiger partial charge in [0.25, 0.3) is 0 Å². The van der Waals surface area contributed by atoms with Crippen molar-refractivity contribution >= 4 is 17.7 Å². The zero-order valence-corrected chi connectivity index (χ0v) is 18.9. The van der Waals surface area contributed by atoms with Crippen molar-refractivity contribution in [2.75, 3.05) is 5.75 Å². The lowest BCUT2D eigenvalue weighted by Gasteiger charge is -2.19. The van der Waals surface area contributed by atoms with E-state index in [1.807, 2.05) is 60.3 Å². The van der Waals surface area contributed by atoms with E-state index in [9.17, 15) is 4.79 Å². The van der Waals surface area contributed by atoms with Crippen LogP contribution in [0.4, 0.5) is 0 Å². The number of nitrogens with one attached hydrogen (secondary N) is 1. The molecule has 0 aliphatic carbocycles. The van der Waals surface area contributed by atoms with E-state index in [0.717, 1.165) is 40.9 Å². The summed E-state index contributed by atoms with van der Waals surface area (Å²) in [5, 5.41) is 12.6. The summed E-state index contributed by atoms with van der Waals surface area (Å²) in [5.41, 5.74) is 1.94. The molecule has 164 valence electrons. The molecule has 0 unspecified atom stereocenters. The summed E-state index contributed by atoms with van der Waals surface area (Å²) < 4.78 is 3.98. The van der Waals surface area contributed by atoms with E-state index in [1.54, 1.807) is 18.6 Å². The first-order valence-corrected chi connectivity index (χ1v) is 11.4. The van der Waals surface area contributed by atoms with E-state index in [2.05, 4.69) is 37.0 Å². The Morgan fingerprint density at radius 3 is 2.56 bits per heavy atom. The number of nitrogens with zero attached hydrogens (tertiary/aromatic N) is 6. The average Bonchev–Trinajstić information content (AvgIpc) is 3.43. The lowest BCUT2D eigenvalue weighted by molar-refractivity contribution is -0.119. The standard InChI is InChI=1S/C23H25N7OS/c1-3-14-30-21(18-9-11-24-12-10-18)27-28-23(30)32-16-19(31)26-20(17-7-5-4-6-8-17)22-25-13-15-29(22)2/h4-13,15,20H,3,14,16H2,1-2H3,(H,26,31)/t20-/m1/s1. The quantitative estimate of drug-likeness (QED) is 0.395. The second-order valence-corrected chi connectivity index (χ2v) is 8.23. The third-order valence-corrected chi connectivity index (χ3v) is 5.96. The molecule has 0 saturated heterocycles. The van der Waals surface area contributed by atoms with E-state index in [1.165, 1.54) is 11.8 Å². The molecule has 0 aliphatic heterocycles. The van der Waals surface area contributed by atoms with Crippen molar-refractivity contribution in [1.29, 1.82) is 0 Å². The smallest absolute Gasteiger partial charge is 0.231 e. The van der Waals surface area contributed by atoms with Crippen LogP contribution in [0.1, 0.15) is 30.8 Å². The SMILES string of the molecule is CCCn1c(SCC(=O)N[C@H](c2ccccc2)c2nccn2C)nnc1-c1ccncc1. The minimum atomic E-state index is -0.329. The Kier molecular flexibility index (Phi) is 6.96. The molecule has 1 amide bonds. The van der Waals surface area contributed by atoms with Crippen molar-refractivity contribution in [2.45, 2.75) is 31.1 Å². The van der Waals surface area contributed by atoms with Crippen molar-refractivity contribution in [1.82, 2.24) is 34.6 Å². The summed E-state index contributed by atoms with van der Waals surface area (Å²) in [6.07, 6.45) is 8.02. The highest BCUT2D eigenvalue weighted by molar-refractivity contribution is 7.99. The third kappa shape index (κ3) is 4.88. The maximum atomic E-state index is 12.9. The number of thioether (sulfide) groups is 1. The van der Waals surface area contributed by atoms with Gasteiger partial charge in [-0.25, -0.2) is 4.98 Å². The van der Waals surface area contributed by atoms with Crippen LogP contribution in [0.2, 0.25) is 0 Å². The van der Waals surface area contributed by atoms with Crippen LogP contribution < -0.4 is 5.32 Å². The van der Waals surface area contributed by atoms with Gasteiger partial charge in [-0.1, -0.05) is 49.0 Å². The molecule has 0 spiro atoms. The molecule has 3 aromatic heterocycles. The van der Waals surface area contributed by atoms with Gasteiger partial charge in [0, 0.05) is 43.9 Å². The Morgan fingerprint density at radius 1 is 1.09 bits per heavy atom. The molecular formula is C23H25N7OS. The lowest BCUT2D eigenvalue weighted by Crippen LogP contribution is -2.32. The van der Waals surface area contributed by atoms with Crippen LogP contribution in [-0.2, 0) is 18.4 Å². The molecule has 4 aromatic rings. The van der Waals surface area contributed by atoms with Gasteiger partial charge >= 0.3 is 0 Å². The number of hydrogen-bond acceptors (Lipinski definition) is 6. The topological polar surface area (TPSA) is 90.5 Å². The maximum Gasteiger partial charge on any atom is 0.231 e. The number of aryl methyl sites for hydroxylation is 1. The summed E-state index contributed by atoms with van der Waals surface area (Å²) >= 11 is 1.38. The molecule has 0 radical (unpaired) electrons. The van der Waals surface area contributed by atoms with Gasteiger partial charge in [-0.05, 0) is 24.1 Å². The zero-order valence-electron chi connectivity index (χ0n) is 18.0. The van der Waals surface area contributed by atoms with Crippen LogP contribution in [0.3, 0.4) is 0 Å². The van der Waals surface area contributed by atoms with E-state index in [0.29, 0.717) is 0 Å². The molecule has 3 heterocycles. The first-order valence-electron chi connectivity index (χ1n) is 10.4. The summed E-state index contributed by atoms with van der Waals surface area (Å²) in [7, 11) is 1.92. The molecule has 0 aliphatic rings. The highest BCUT2D eigenvalue weighted by Gasteiger charge is 2.21. The molecule has 8 nitrogen and oxygen atoms in total. The van der Waals surface area contributed by atoms with Crippen molar-refractivity contribution in [3.63, 3.8) is 0 Å². The number of amides is 1. The van der Waals surface area contributed by atoms with Gasteiger partial charge in [0.05, 0.1) is 5.75 Å². The van der Waals surface area contributed by atoms with Crippen molar-refractivity contribution in [3.05, 3.63) is 78.6 Å². The Bertz CT molecular complexity index is 1160. The molecule has 0 bridgehead atoms. The van der Waals surface area contributed by atoms with Crippen LogP contribution in [0.15, 0.2) is 72.4 Å². The number of carbonyl (C=O) groups is 1. The largest absolute Gasteiger partial charge is 0.341 e. The molecule has 1 atom stereocenters. The first-order chi connectivity index (χ1) is 15.7. The number of rotatable bonds is 9. The summed E-state index contributed by atoms with van der Waals surface area (Å²) in [6, 6.07) is 13.4. The van der Waals surface area contributed by atoms with E-state index >= 15 is 0 Å². The van der Waals surface area contributed by atoms with Crippen molar-refractivity contribution in [3.8, 4) is 11.4 Å². The summed E-state index contributed by atoms with van der Waals surface area (Å²) in [5.74, 6) is 1.70.